The Bertz CT molecular complexity index is 955. The Kier molecular flexibility index (Phi) is 5.49. The van der Waals surface area contributed by atoms with Crippen LogP contribution in [0.3, 0.4) is 0 Å². The highest BCUT2D eigenvalue weighted by atomic mass is 32.2. The number of amides is 3. The van der Waals surface area contributed by atoms with E-state index in [-0.39, 0.29) is 36.7 Å². The van der Waals surface area contributed by atoms with Gasteiger partial charge in [-0.15, -0.1) is 0 Å². The van der Waals surface area contributed by atoms with Crippen molar-refractivity contribution in [3.63, 3.8) is 0 Å². The second-order valence-electron chi connectivity index (χ2n) is 6.95. The second kappa shape index (κ2) is 8.21. The third-order valence-electron chi connectivity index (χ3n) is 5.09. The predicted molar refractivity (Wildman–Crippen MR) is 113 cm³/mol. The van der Waals surface area contributed by atoms with Gasteiger partial charge >= 0.3 is 0 Å². The van der Waals surface area contributed by atoms with Crippen molar-refractivity contribution in [2.75, 3.05) is 18.8 Å². The summed E-state index contributed by atoms with van der Waals surface area (Å²) in [6.45, 7) is 2.67. The van der Waals surface area contributed by atoms with Crippen LogP contribution in [0.4, 0.5) is 0 Å². The van der Waals surface area contributed by atoms with Crippen molar-refractivity contribution < 1.29 is 14.4 Å². The van der Waals surface area contributed by atoms with Crippen molar-refractivity contribution in [3.05, 3.63) is 71.3 Å². The lowest BCUT2D eigenvalue weighted by atomic mass is 10.1. The largest absolute Gasteiger partial charge is 0.291 e. The zero-order valence-electron chi connectivity index (χ0n) is 16.1. The van der Waals surface area contributed by atoms with Crippen LogP contribution in [0.2, 0.25) is 0 Å². The minimum absolute atomic E-state index is 0.0525. The van der Waals surface area contributed by atoms with Crippen LogP contribution in [0.5, 0.6) is 0 Å². The van der Waals surface area contributed by atoms with Gasteiger partial charge in [-0.1, -0.05) is 54.2 Å². The van der Waals surface area contributed by atoms with Crippen LogP contribution in [0, 0.1) is 0 Å². The molecule has 0 spiro atoms. The smallest absolute Gasteiger partial charge is 0.261 e. The molecule has 2 aliphatic heterocycles. The zero-order valence-corrected chi connectivity index (χ0v) is 16.9. The first-order valence-electron chi connectivity index (χ1n) is 9.57. The van der Waals surface area contributed by atoms with E-state index >= 15 is 0 Å². The highest BCUT2D eigenvalue weighted by molar-refractivity contribution is 8.14. The Morgan fingerprint density at radius 3 is 2.31 bits per heavy atom. The van der Waals surface area contributed by atoms with Crippen LogP contribution < -0.4 is 0 Å². The van der Waals surface area contributed by atoms with Crippen molar-refractivity contribution in [1.82, 2.24) is 9.80 Å². The predicted octanol–water partition coefficient (Wildman–Crippen LogP) is 3.37. The van der Waals surface area contributed by atoms with Crippen LogP contribution >= 0.6 is 11.8 Å². The first-order chi connectivity index (χ1) is 14.1. The molecule has 2 aliphatic rings. The third-order valence-corrected chi connectivity index (χ3v) is 6.06. The number of imide groups is 1. The SMILES string of the molecule is CC(N=C1SCCN1C(=O)CCN1C(=O)c2ccccc2C1=O)c1ccccc1. The number of aliphatic imine (C=N–C) groups is 1. The summed E-state index contributed by atoms with van der Waals surface area (Å²) in [6.07, 6.45) is 0.0881. The molecule has 0 radical (unpaired) electrons. The topological polar surface area (TPSA) is 70.1 Å². The molecule has 148 valence electrons. The molecule has 3 amide bonds. The van der Waals surface area contributed by atoms with Crippen LogP contribution in [0.25, 0.3) is 0 Å². The number of benzene rings is 2. The summed E-state index contributed by atoms with van der Waals surface area (Å²) in [4.78, 5) is 45.3. The summed E-state index contributed by atoms with van der Waals surface area (Å²) < 4.78 is 0. The van der Waals surface area contributed by atoms with Crippen LogP contribution in [0.15, 0.2) is 59.6 Å². The normalized spacial score (nSPS) is 18.4. The van der Waals surface area contributed by atoms with Crippen molar-refractivity contribution in [1.29, 1.82) is 0 Å². The standard InChI is InChI=1S/C22H21N3O3S/c1-15(16-7-3-2-4-8-16)23-22-24(13-14-29-22)19(26)11-12-25-20(27)17-9-5-6-10-18(17)21(25)28/h2-10,15H,11-14H2,1H3. The van der Waals surface area contributed by atoms with E-state index in [1.165, 1.54) is 0 Å². The average Bonchev–Trinajstić information content (AvgIpc) is 3.30. The summed E-state index contributed by atoms with van der Waals surface area (Å²) in [7, 11) is 0. The fourth-order valence-corrected chi connectivity index (χ4v) is 4.53. The summed E-state index contributed by atoms with van der Waals surface area (Å²) >= 11 is 1.56. The number of hydrogen-bond donors (Lipinski definition) is 0. The van der Waals surface area contributed by atoms with E-state index in [2.05, 4.69) is 0 Å². The van der Waals surface area contributed by atoms with Gasteiger partial charge in [0.2, 0.25) is 5.91 Å². The molecule has 4 rings (SSSR count). The number of nitrogens with zero attached hydrogens (tertiary/aromatic N) is 3. The molecular weight excluding hydrogens is 386 g/mol. The van der Waals surface area contributed by atoms with Crippen LogP contribution in [0.1, 0.15) is 45.7 Å². The van der Waals surface area contributed by atoms with Crippen molar-refractivity contribution in [2.24, 2.45) is 4.99 Å². The van der Waals surface area contributed by atoms with E-state index in [1.807, 2.05) is 37.3 Å². The quantitative estimate of drug-likeness (QED) is 0.713. The van der Waals surface area contributed by atoms with Gasteiger partial charge in [0.25, 0.3) is 11.8 Å². The Labute approximate surface area is 173 Å². The molecule has 0 bridgehead atoms. The molecule has 2 aromatic carbocycles. The maximum Gasteiger partial charge on any atom is 0.261 e. The average molecular weight is 407 g/mol. The Morgan fingerprint density at radius 1 is 1.03 bits per heavy atom. The number of thioether (sulfide) groups is 1. The Balaban J connectivity index is 1.41. The van der Waals surface area contributed by atoms with Crippen molar-refractivity contribution in [2.45, 2.75) is 19.4 Å². The molecule has 0 N–H and O–H groups in total. The molecule has 1 unspecified atom stereocenters. The number of hydrogen-bond acceptors (Lipinski definition) is 5. The molecule has 0 aliphatic carbocycles. The molecule has 1 saturated heterocycles. The Morgan fingerprint density at radius 2 is 1.66 bits per heavy atom. The van der Waals surface area contributed by atoms with Gasteiger partial charge < -0.3 is 0 Å². The zero-order chi connectivity index (χ0) is 20.4. The van der Waals surface area contributed by atoms with Gasteiger partial charge in [-0.25, -0.2) is 0 Å². The number of rotatable bonds is 5. The second-order valence-corrected chi connectivity index (χ2v) is 8.01. The van der Waals surface area contributed by atoms with Gasteiger partial charge in [-0.05, 0) is 24.6 Å². The highest BCUT2D eigenvalue weighted by Gasteiger charge is 2.36. The molecule has 1 atom stereocenters. The number of carbonyl (C=O) groups is 3. The van der Waals surface area contributed by atoms with Crippen molar-refractivity contribution in [3.8, 4) is 0 Å². The summed E-state index contributed by atoms with van der Waals surface area (Å²) in [5.41, 5.74) is 1.90. The highest BCUT2D eigenvalue weighted by Crippen LogP contribution is 2.26. The molecule has 2 aromatic rings. The maximum absolute atomic E-state index is 12.8. The summed E-state index contributed by atoms with van der Waals surface area (Å²) in [6, 6.07) is 16.6. The molecule has 6 nitrogen and oxygen atoms in total. The van der Waals surface area contributed by atoms with Gasteiger partial charge in [0.1, 0.15) is 0 Å². The van der Waals surface area contributed by atoms with Crippen molar-refractivity contribution >= 4 is 34.7 Å². The monoisotopic (exact) mass is 407 g/mol. The van der Waals surface area contributed by atoms with Gasteiger partial charge in [0, 0.05) is 25.3 Å². The molecule has 0 saturated carbocycles. The fourth-order valence-electron chi connectivity index (χ4n) is 3.50. The maximum atomic E-state index is 12.8. The van der Waals surface area contributed by atoms with E-state index in [0.29, 0.717) is 22.8 Å². The first-order valence-corrected chi connectivity index (χ1v) is 10.6. The molecule has 0 aromatic heterocycles. The molecule has 1 fully saturated rings. The van der Waals surface area contributed by atoms with E-state index in [4.69, 9.17) is 4.99 Å². The van der Waals surface area contributed by atoms with Gasteiger partial charge in [-0.2, -0.15) is 0 Å². The first kappa shape index (κ1) is 19.4. The summed E-state index contributed by atoms with van der Waals surface area (Å²) in [5.74, 6) is 0.00572. The number of carbonyl (C=O) groups excluding carboxylic acids is 3. The minimum Gasteiger partial charge on any atom is -0.291 e. The molecule has 7 heteroatoms. The van der Waals surface area contributed by atoms with Crippen LogP contribution in [-0.2, 0) is 4.79 Å². The fraction of sp³-hybridized carbons (Fsp3) is 0.273. The third kappa shape index (κ3) is 3.82. The molecule has 2 heterocycles. The number of fused-ring (bicyclic) bond motifs is 1. The number of amidine groups is 1. The summed E-state index contributed by atoms with van der Waals surface area (Å²) in [5, 5.41) is 0.703. The van der Waals surface area contributed by atoms with Crippen LogP contribution in [-0.4, -0.2) is 51.5 Å². The lowest BCUT2D eigenvalue weighted by molar-refractivity contribution is -0.127. The van der Waals surface area contributed by atoms with E-state index in [0.717, 1.165) is 16.2 Å². The van der Waals surface area contributed by atoms with E-state index < -0.39 is 0 Å². The molecule has 29 heavy (non-hydrogen) atoms. The van der Waals surface area contributed by atoms with E-state index in [1.54, 1.807) is 40.9 Å². The molecular formula is C22H21N3O3S. The van der Waals surface area contributed by atoms with Gasteiger partial charge in [-0.3, -0.25) is 29.2 Å². The lowest BCUT2D eigenvalue weighted by Gasteiger charge is -2.19. The van der Waals surface area contributed by atoms with Gasteiger partial charge in [0.15, 0.2) is 5.17 Å². The van der Waals surface area contributed by atoms with Gasteiger partial charge in [0.05, 0.1) is 17.2 Å². The van der Waals surface area contributed by atoms with E-state index in [9.17, 15) is 14.4 Å². The lowest BCUT2D eigenvalue weighted by Crippen LogP contribution is -2.37. The Hall–Kier alpha value is -2.93. The minimum atomic E-state index is -0.333.